The first-order valence-corrected chi connectivity index (χ1v) is 8.56. The van der Waals surface area contributed by atoms with Crippen LogP contribution in [0.5, 0.6) is 11.5 Å². The van der Waals surface area contributed by atoms with Crippen molar-refractivity contribution in [2.24, 2.45) is 5.73 Å². The van der Waals surface area contributed by atoms with Crippen molar-refractivity contribution in [1.29, 1.82) is 0 Å². The second kappa shape index (κ2) is 4.63. The third kappa shape index (κ3) is 2.38. The lowest BCUT2D eigenvalue weighted by Gasteiger charge is -2.27. The van der Waals surface area contributed by atoms with E-state index in [1.54, 1.807) is 7.11 Å². The van der Waals surface area contributed by atoms with Crippen molar-refractivity contribution < 1.29 is 17.9 Å². The number of hydrogen-bond donors (Lipinski definition) is 1. The number of hydrogen-bond acceptors (Lipinski definition) is 5. The minimum absolute atomic E-state index is 0.0794. The molecule has 5 nitrogen and oxygen atoms in total. The minimum atomic E-state index is -2.89. The van der Waals surface area contributed by atoms with E-state index in [0.717, 1.165) is 18.4 Å². The molecular weight excluding hydrogens is 278 g/mol. The normalized spacial score (nSPS) is 22.9. The molecule has 110 valence electrons. The lowest BCUT2D eigenvalue weighted by atomic mass is 9.96. The van der Waals surface area contributed by atoms with Gasteiger partial charge in [0.1, 0.15) is 6.10 Å². The molecule has 1 heterocycles. The highest BCUT2D eigenvalue weighted by molar-refractivity contribution is 7.92. The maximum absolute atomic E-state index is 11.2. The van der Waals surface area contributed by atoms with E-state index in [9.17, 15) is 8.42 Å². The van der Waals surface area contributed by atoms with E-state index in [1.165, 1.54) is 0 Å². The van der Waals surface area contributed by atoms with Gasteiger partial charge in [-0.05, 0) is 30.5 Å². The molecule has 6 heteroatoms. The second-order valence-electron chi connectivity index (χ2n) is 5.67. The van der Waals surface area contributed by atoms with Gasteiger partial charge in [0.05, 0.1) is 18.6 Å². The Morgan fingerprint density at radius 2 is 2.00 bits per heavy atom. The van der Waals surface area contributed by atoms with Crippen molar-refractivity contribution in [2.75, 3.05) is 25.2 Å². The molecule has 1 aliphatic carbocycles. The summed E-state index contributed by atoms with van der Waals surface area (Å²) in [6.07, 6.45) is 1.91. The summed E-state index contributed by atoms with van der Waals surface area (Å²) in [5.74, 6) is 1.42. The lowest BCUT2D eigenvalue weighted by molar-refractivity contribution is 0.219. The van der Waals surface area contributed by atoms with E-state index < -0.39 is 9.84 Å². The smallest absolute Gasteiger partial charge is 0.161 e. The van der Waals surface area contributed by atoms with Crippen molar-refractivity contribution in [1.82, 2.24) is 0 Å². The molecule has 3 rings (SSSR count). The zero-order chi connectivity index (χ0) is 14.4. The zero-order valence-corrected chi connectivity index (χ0v) is 12.3. The molecule has 0 atom stereocenters. The van der Waals surface area contributed by atoms with Gasteiger partial charge in [-0.1, -0.05) is 6.07 Å². The van der Waals surface area contributed by atoms with Crippen molar-refractivity contribution in [3.63, 3.8) is 0 Å². The molecule has 2 aliphatic rings. The number of methoxy groups -OCH3 is 1. The second-order valence-corrected chi connectivity index (χ2v) is 7.82. The molecule has 1 saturated heterocycles. The summed E-state index contributed by atoms with van der Waals surface area (Å²) in [5.41, 5.74) is 7.07. The van der Waals surface area contributed by atoms with Gasteiger partial charge >= 0.3 is 0 Å². The minimum Gasteiger partial charge on any atom is -0.493 e. The summed E-state index contributed by atoms with van der Waals surface area (Å²) in [6.45, 7) is 0.622. The molecule has 0 bridgehead atoms. The molecule has 1 saturated carbocycles. The molecule has 2 N–H and O–H groups in total. The van der Waals surface area contributed by atoms with Crippen LogP contribution >= 0.6 is 0 Å². The van der Waals surface area contributed by atoms with Crippen LogP contribution in [-0.2, 0) is 15.3 Å². The molecule has 2 fully saturated rings. The van der Waals surface area contributed by atoms with Gasteiger partial charge in [0.25, 0.3) is 0 Å². The molecule has 1 aliphatic heterocycles. The van der Waals surface area contributed by atoms with Gasteiger partial charge in [0, 0.05) is 12.0 Å². The Balaban J connectivity index is 1.83. The van der Waals surface area contributed by atoms with E-state index >= 15 is 0 Å². The summed E-state index contributed by atoms with van der Waals surface area (Å²) in [7, 11) is -1.31. The average Bonchev–Trinajstić information content (AvgIpc) is 3.17. The highest BCUT2D eigenvalue weighted by atomic mass is 32.2. The predicted molar refractivity (Wildman–Crippen MR) is 76.0 cm³/mol. The summed E-state index contributed by atoms with van der Waals surface area (Å²) in [6, 6.07) is 5.83. The van der Waals surface area contributed by atoms with E-state index in [0.29, 0.717) is 18.0 Å². The maximum atomic E-state index is 11.2. The predicted octanol–water partition coefficient (Wildman–Crippen LogP) is 0.861. The van der Waals surface area contributed by atoms with Gasteiger partial charge in [-0.3, -0.25) is 0 Å². The fourth-order valence-electron chi connectivity index (χ4n) is 2.63. The van der Waals surface area contributed by atoms with E-state index in [2.05, 4.69) is 0 Å². The highest BCUT2D eigenvalue weighted by Gasteiger charge is 2.43. The number of nitrogens with two attached hydrogens (primary N) is 1. The highest BCUT2D eigenvalue weighted by Crippen LogP contribution is 2.49. The molecule has 1 aromatic carbocycles. The van der Waals surface area contributed by atoms with Crippen LogP contribution in [0.3, 0.4) is 0 Å². The van der Waals surface area contributed by atoms with Crippen LogP contribution in [0.4, 0.5) is 0 Å². The molecular formula is C14H19NO4S. The maximum Gasteiger partial charge on any atom is 0.161 e. The fraction of sp³-hybridized carbons (Fsp3) is 0.571. The van der Waals surface area contributed by atoms with Gasteiger partial charge in [-0.15, -0.1) is 0 Å². The first-order chi connectivity index (χ1) is 9.48. The Bertz CT molecular complexity index is 610. The molecule has 20 heavy (non-hydrogen) atoms. The van der Waals surface area contributed by atoms with E-state index in [1.807, 2.05) is 18.2 Å². The van der Waals surface area contributed by atoms with E-state index in [4.69, 9.17) is 15.2 Å². The largest absolute Gasteiger partial charge is 0.493 e. The first kappa shape index (κ1) is 13.7. The van der Waals surface area contributed by atoms with Crippen molar-refractivity contribution in [3.05, 3.63) is 23.8 Å². The third-order valence-electron chi connectivity index (χ3n) is 4.19. The van der Waals surface area contributed by atoms with Gasteiger partial charge in [0.15, 0.2) is 21.3 Å². The van der Waals surface area contributed by atoms with Crippen molar-refractivity contribution in [3.8, 4) is 11.5 Å². The van der Waals surface area contributed by atoms with Crippen LogP contribution in [0, 0.1) is 0 Å². The standard InChI is InChI=1S/C14H19NO4S/c1-18-12-3-2-10(14(9-15)4-5-14)6-13(12)19-11-7-20(16,17)8-11/h2-3,6,11H,4-5,7-9,15H2,1H3. The Morgan fingerprint density at radius 1 is 1.30 bits per heavy atom. The number of sulfone groups is 1. The summed E-state index contributed by atoms with van der Waals surface area (Å²) in [5, 5.41) is 0. The van der Waals surface area contributed by atoms with Gasteiger partial charge in [0.2, 0.25) is 0 Å². The number of ether oxygens (including phenoxy) is 2. The SMILES string of the molecule is COc1ccc(C2(CN)CC2)cc1OC1CS(=O)(=O)C1. The van der Waals surface area contributed by atoms with Crippen LogP contribution in [0.1, 0.15) is 18.4 Å². The first-order valence-electron chi connectivity index (χ1n) is 6.74. The van der Waals surface area contributed by atoms with Crippen molar-refractivity contribution in [2.45, 2.75) is 24.4 Å². The Morgan fingerprint density at radius 3 is 2.50 bits per heavy atom. The summed E-state index contributed by atoms with van der Waals surface area (Å²) < 4.78 is 33.4. The zero-order valence-electron chi connectivity index (χ0n) is 11.5. The molecule has 0 spiro atoms. The summed E-state index contributed by atoms with van der Waals surface area (Å²) >= 11 is 0. The lowest BCUT2D eigenvalue weighted by Crippen LogP contribution is -2.45. The molecule has 0 unspecified atom stereocenters. The topological polar surface area (TPSA) is 78.6 Å². The average molecular weight is 297 g/mol. The van der Waals surface area contributed by atoms with Crippen molar-refractivity contribution >= 4 is 9.84 Å². The van der Waals surface area contributed by atoms with Gasteiger partial charge in [-0.2, -0.15) is 0 Å². The van der Waals surface area contributed by atoms with Gasteiger partial charge < -0.3 is 15.2 Å². The Hall–Kier alpha value is -1.27. The Kier molecular flexibility index (Phi) is 3.17. The van der Waals surface area contributed by atoms with E-state index in [-0.39, 0.29) is 23.0 Å². The van der Waals surface area contributed by atoms with Gasteiger partial charge in [-0.25, -0.2) is 8.42 Å². The molecule has 0 aromatic heterocycles. The molecule has 0 amide bonds. The fourth-order valence-corrected chi connectivity index (χ4v) is 3.80. The monoisotopic (exact) mass is 297 g/mol. The van der Waals surface area contributed by atoms with Crippen LogP contribution in [0.25, 0.3) is 0 Å². The van der Waals surface area contributed by atoms with Crippen LogP contribution < -0.4 is 15.2 Å². The number of benzene rings is 1. The molecule has 0 radical (unpaired) electrons. The third-order valence-corrected chi connectivity index (χ3v) is 5.95. The Labute approximate surface area is 119 Å². The van der Waals surface area contributed by atoms with Crippen LogP contribution in [0.15, 0.2) is 18.2 Å². The number of rotatable bonds is 5. The van der Waals surface area contributed by atoms with Crippen LogP contribution in [0.2, 0.25) is 0 Å². The molecule has 1 aromatic rings. The summed E-state index contributed by atoms with van der Waals surface area (Å²) in [4.78, 5) is 0. The van der Waals surface area contributed by atoms with Crippen LogP contribution in [-0.4, -0.2) is 39.7 Å². The quantitative estimate of drug-likeness (QED) is 0.872.